The van der Waals surface area contributed by atoms with E-state index in [0.29, 0.717) is 0 Å². The number of rotatable bonds is 8. The summed E-state index contributed by atoms with van der Waals surface area (Å²) >= 11 is 4.74. The Hall–Kier alpha value is -0.370. The molecule has 0 heterocycles. The number of hydrogen-bond acceptors (Lipinski definition) is 5. The van der Waals surface area contributed by atoms with Crippen LogP contribution in [0.4, 0.5) is 13.2 Å². The average molecular weight is 283 g/mol. The Morgan fingerprint density at radius 2 is 2.06 bits per heavy atom. The fourth-order valence-electron chi connectivity index (χ4n) is 0.394. The van der Waals surface area contributed by atoms with Gasteiger partial charge in [0.15, 0.2) is 5.83 Å². The van der Waals surface area contributed by atoms with E-state index >= 15 is 0 Å². The molecule has 0 N–H and O–H groups in total. The van der Waals surface area contributed by atoms with Crippen LogP contribution in [-0.4, -0.2) is 13.2 Å². The maximum absolute atomic E-state index is 12.2. The molecule has 0 bridgehead atoms. The molecular formula is C6H7ClF3O5P. The summed E-state index contributed by atoms with van der Waals surface area (Å²) in [5, 5.41) is 0. The summed E-state index contributed by atoms with van der Waals surface area (Å²) in [6.07, 6.45) is -1.40. The van der Waals surface area contributed by atoms with Gasteiger partial charge in [-0.3, -0.25) is 4.52 Å². The Labute approximate surface area is 94.1 Å². The molecule has 0 fully saturated rings. The molecule has 0 aliphatic carbocycles. The van der Waals surface area contributed by atoms with Crippen molar-refractivity contribution in [2.24, 2.45) is 0 Å². The van der Waals surface area contributed by atoms with Gasteiger partial charge in [-0.2, -0.15) is 12.9 Å². The predicted molar refractivity (Wildman–Crippen MR) is 48.1 cm³/mol. The molecule has 0 aromatic heterocycles. The number of halogens is 4. The standard InChI is InChI=1S/C6H7ClF3O5P/c1-2-3-13-16(11,14-7)15-12-4-5(8)6(9)10/h2H,1,3-4H2. The number of hydrogen-bond donors (Lipinski definition) is 0. The minimum atomic E-state index is -4.27. The fourth-order valence-corrected chi connectivity index (χ4v) is 1.16. The molecular weight excluding hydrogens is 275 g/mol. The summed E-state index contributed by atoms with van der Waals surface area (Å²) in [6.45, 7) is 1.70. The zero-order valence-corrected chi connectivity index (χ0v) is 9.35. The molecule has 0 rings (SSSR count). The zero-order valence-electron chi connectivity index (χ0n) is 7.70. The van der Waals surface area contributed by atoms with Gasteiger partial charge in [0.2, 0.25) is 0 Å². The Morgan fingerprint density at radius 1 is 1.44 bits per heavy atom. The predicted octanol–water partition coefficient (Wildman–Crippen LogP) is 3.49. The largest absolute Gasteiger partial charge is 0.518 e. The van der Waals surface area contributed by atoms with Crippen LogP contribution in [0.15, 0.2) is 24.6 Å². The van der Waals surface area contributed by atoms with Gasteiger partial charge >= 0.3 is 13.9 Å². The first kappa shape index (κ1) is 15.6. The van der Waals surface area contributed by atoms with E-state index in [1.807, 2.05) is 0 Å². The molecule has 0 saturated heterocycles. The van der Waals surface area contributed by atoms with Gasteiger partial charge in [-0.1, -0.05) is 6.08 Å². The van der Waals surface area contributed by atoms with Crippen LogP contribution in [0.5, 0.6) is 0 Å². The molecule has 10 heteroatoms. The molecule has 0 amide bonds. The minimum absolute atomic E-state index is 0.261. The molecule has 0 aliphatic rings. The van der Waals surface area contributed by atoms with Gasteiger partial charge in [0, 0.05) is 0 Å². The molecule has 5 nitrogen and oxygen atoms in total. The van der Waals surface area contributed by atoms with Crippen LogP contribution < -0.4 is 0 Å². The fraction of sp³-hybridized carbons (Fsp3) is 0.333. The Morgan fingerprint density at radius 3 is 2.50 bits per heavy atom. The molecule has 0 aliphatic heterocycles. The molecule has 0 aromatic carbocycles. The van der Waals surface area contributed by atoms with Crippen molar-refractivity contribution < 1.29 is 35.9 Å². The van der Waals surface area contributed by atoms with Crippen molar-refractivity contribution >= 4 is 19.7 Å². The first-order valence-electron chi connectivity index (χ1n) is 3.62. The normalized spacial score (nSPS) is 14.2. The quantitative estimate of drug-likeness (QED) is 0.295. The Bertz CT molecular complexity index is 307. The first-order valence-corrected chi connectivity index (χ1v) is 5.38. The van der Waals surface area contributed by atoms with E-state index < -0.39 is 26.3 Å². The minimum Gasteiger partial charge on any atom is -0.280 e. The molecule has 0 saturated carbocycles. The Kier molecular flexibility index (Phi) is 7.65. The highest BCUT2D eigenvalue weighted by atomic mass is 35.5. The maximum atomic E-state index is 12.2. The van der Waals surface area contributed by atoms with Gasteiger partial charge in [0.1, 0.15) is 6.61 Å². The van der Waals surface area contributed by atoms with E-state index in [1.54, 1.807) is 0 Å². The third-order valence-electron chi connectivity index (χ3n) is 0.970. The van der Waals surface area contributed by atoms with Gasteiger partial charge < -0.3 is 0 Å². The van der Waals surface area contributed by atoms with Crippen LogP contribution in [0.2, 0.25) is 0 Å². The van der Waals surface area contributed by atoms with Crippen molar-refractivity contribution in [3.05, 3.63) is 24.6 Å². The molecule has 1 atom stereocenters. The summed E-state index contributed by atoms with van der Waals surface area (Å²) in [4.78, 5) is 3.87. The lowest BCUT2D eigenvalue weighted by Gasteiger charge is -2.10. The molecule has 0 spiro atoms. The summed E-state index contributed by atoms with van der Waals surface area (Å²) < 4.78 is 58.5. The van der Waals surface area contributed by atoms with Crippen molar-refractivity contribution in [2.45, 2.75) is 0 Å². The van der Waals surface area contributed by atoms with Gasteiger partial charge in [0.05, 0.1) is 18.5 Å². The highest BCUT2D eigenvalue weighted by molar-refractivity contribution is 7.49. The second-order valence-corrected chi connectivity index (χ2v) is 3.96. The third kappa shape index (κ3) is 6.26. The lowest BCUT2D eigenvalue weighted by Crippen LogP contribution is -2.00. The lowest BCUT2D eigenvalue weighted by atomic mass is 10.6. The van der Waals surface area contributed by atoms with Crippen LogP contribution in [0.3, 0.4) is 0 Å². The highest BCUT2D eigenvalue weighted by Crippen LogP contribution is 2.50. The van der Waals surface area contributed by atoms with Crippen molar-refractivity contribution in [1.82, 2.24) is 0 Å². The zero-order chi connectivity index (χ0) is 12.6. The second-order valence-electron chi connectivity index (χ2n) is 2.10. The van der Waals surface area contributed by atoms with Crippen molar-refractivity contribution in [1.29, 1.82) is 0 Å². The van der Waals surface area contributed by atoms with Gasteiger partial charge in [-0.15, -0.1) is 11.3 Å². The van der Waals surface area contributed by atoms with Crippen LogP contribution in [0.25, 0.3) is 0 Å². The molecule has 94 valence electrons. The van der Waals surface area contributed by atoms with Gasteiger partial charge in [0.25, 0.3) is 0 Å². The highest BCUT2D eigenvalue weighted by Gasteiger charge is 2.28. The van der Waals surface area contributed by atoms with Crippen LogP contribution >= 0.6 is 19.7 Å². The van der Waals surface area contributed by atoms with E-state index in [0.717, 1.165) is 0 Å². The topological polar surface area (TPSA) is 54.0 Å². The lowest BCUT2D eigenvalue weighted by molar-refractivity contribution is -0.217. The summed E-state index contributed by atoms with van der Waals surface area (Å²) in [5.74, 6) is -1.88. The average Bonchev–Trinajstić information content (AvgIpc) is 2.26. The second kappa shape index (κ2) is 7.83. The van der Waals surface area contributed by atoms with Gasteiger partial charge in [-0.25, -0.2) is 13.8 Å². The first-order chi connectivity index (χ1) is 7.45. The van der Waals surface area contributed by atoms with E-state index in [1.165, 1.54) is 6.08 Å². The molecule has 16 heavy (non-hydrogen) atoms. The van der Waals surface area contributed by atoms with E-state index in [4.69, 9.17) is 11.9 Å². The monoisotopic (exact) mass is 282 g/mol. The molecule has 0 aromatic rings. The van der Waals surface area contributed by atoms with Crippen LogP contribution in [0.1, 0.15) is 0 Å². The smallest absolute Gasteiger partial charge is 0.280 e. The third-order valence-corrected chi connectivity index (χ3v) is 2.40. The summed E-state index contributed by atoms with van der Waals surface area (Å²) in [7, 11) is -4.27. The van der Waals surface area contributed by atoms with Crippen molar-refractivity contribution in [3.63, 3.8) is 0 Å². The van der Waals surface area contributed by atoms with Crippen LogP contribution in [0, 0.1) is 0 Å². The van der Waals surface area contributed by atoms with Crippen LogP contribution in [-0.2, 0) is 22.7 Å². The van der Waals surface area contributed by atoms with E-state index in [2.05, 4.69) is 24.7 Å². The van der Waals surface area contributed by atoms with E-state index in [9.17, 15) is 17.7 Å². The summed E-state index contributed by atoms with van der Waals surface area (Å²) in [5.41, 5.74) is 0. The van der Waals surface area contributed by atoms with Crippen molar-refractivity contribution in [3.8, 4) is 0 Å². The van der Waals surface area contributed by atoms with Gasteiger partial charge in [-0.05, 0) is 0 Å². The van der Waals surface area contributed by atoms with E-state index in [-0.39, 0.29) is 6.61 Å². The number of phosphoric acid groups is 1. The molecule has 1 unspecified atom stereocenters. The SMILES string of the molecule is C=CCOP(=O)(OCl)OOCC(F)=C(F)F. The Balaban J connectivity index is 4.10. The summed E-state index contributed by atoms with van der Waals surface area (Å²) in [6, 6.07) is 0. The molecule has 0 radical (unpaired) electrons. The maximum Gasteiger partial charge on any atom is 0.518 e. The van der Waals surface area contributed by atoms with Crippen molar-refractivity contribution in [2.75, 3.05) is 13.2 Å².